The number of para-hydroxylation sites is 1. The number of fused-ring (bicyclic) bond motifs is 1. The van der Waals surface area contributed by atoms with Gasteiger partial charge in [-0.2, -0.15) is 9.61 Å². The van der Waals surface area contributed by atoms with E-state index in [9.17, 15) is 5.11 Å². The number of hydrogen-bond acceptors (Lipinski definition) is 5. The van der Waals surface area contributed by atoms with E-state index in [1.54, 1.807) is 10.6 Å². The van der Waals surface area contributed by atoms with E-state index in [1.165, 1.54) is 11.3 Å². The summed E-state index contributed by atoms with van der Waals surface area (Å²) in [6.45, 7) is 4.14. The first kappa shape index (κ1) is 12.1. The summed E-state index contributed by atoms with van der Waals surface area (Å²) in [5.41, 5.74) is 0.874. The molecule has 2 aromatic heterocycles. The summed E-state index contributed by atoms with van der Waals surface area (Å²) < 4.78 is 1.80. The van der Waals surface area contributed by atoms with Crippen molar-refractivity contribution in [2.75, 3.05) is 0 Å². The van der Waals surface area contributed by atoms with E-state index in [2.05, 4.69) is 29.1 Å². The van der Waals surface area contributed by atoms with Crippen molar-refractivity contribution < 1.29 is 5.11 Å². The summed E-state index contributed by atoms with van der Waals surface area (Å²) in [5.74, 6) is 1.46. The lowest BCUT2D eigenvalue weighted by Crippen LogP contribution is -1.99. The zero-order chi connectivity index (χ0) is 13.4. The van der Waals surface area contributed by atoms with Crippen molar-refractivity contribution in [2.24, 2.45) is 0 Å². The van der Waals surface area contributed by atoms with Gasteiger partial charge in [-0.25, -0.2) is 0 Å². The van der Waals surface area contributed by atoms with Crippen molar-refractivity contribution in [3.8, 4) is 5.75 Å². The summed E-state index contributed by atoms with van der Waals surface area (Å²) in [4.78, 5) is 0.800. The summed E-state index contributed by atoms with van der Waals surface area (Å²) in [7, 11) is 0. The molecule has 1 aromatic carbocycles. The lowest BCUT2D eigenvalue weighted by atomic mass is 10.1. The maximum atomic E-state index is 9.78. The van der Waals surface area contributed by atoms with E-state index in [0.29, 0.717) is 12.2 Å². The average molecular weight is 274 g/mol. The molecule has 0 aliphatic heterocycles. The molecule has 19 heavy (non-hydrogen) atoms. The molecule has 98 valence electrons. The predicted molar refractivity (Wildman–Crippen MR) is 73.7 cm³/mol. The van der Waals surface area contributed by atoms with Crippen LogP contribution in [0.4, 0.5) is 0 Å². The van der Waals surface area contributed by atoms with Crippen LogP contribution >= 0.6 is 11.3 Å². The Morgan fingerprint density at radius 3 is 2.79 bits per heavy atom. The number of phenols is 1. The second-order valence-electron chi connectivity index (χ2n) is 4.71. The molecule has 3 rings (SSSR count). The van der Waals surface area contributed by atoms with Gasteiger partial charge in [0.05, 0.1) is 0 Å². The molecule has 6 heteroatoms. The second kappa shape index (κ2) is 4.62. The highest BCUT2D eigenvalue weighted by Gasteiger charge is 2.14. The van der Waals surface area contributed by atoms with Gasteiger partial charge in [-0.15, -0.1) is 10.2 Å². The Bertz CT molecular complexity index is 716. The van der Waals surface area contributed by atoms with Crippen LogP contribution < -0.4 is 0 Å². The first-order chi connectivity index (χ1) is 9.15. The monoisotopic (exact) mass is 274 g/mol. The zero-order valence-corrected chi connectivity index (χ0v) is 11.6. The van der Waals surface area contributed by atoms with Crippen LogP contribution in [-0.4, -0.2) is 24.9 Å². The van der Waals surface area contributed by atoms with Crippen LogP contribution in [0, 0.1) is 0 Å². The summed E-state index contributed by atoms with van der Waals surface area (Å²) in [5, 5.41) is 23.5. The van der Waals surface area contributed by atoms with Gasteiger partial charge in [0.15, 0.2) is 5.82 Å². The molecule has 0 unspecified atom stereocenters. The number of phenolic OH excluding ortho intramolecular Hbond substituents is 1. The highest BCUT2D eigenvalue weighted by atomic mass is 32.1. The SMILES string of the molecule is CC(C)c1nnc2sc(Cc3ccccc3O)nn12. The van der Waals surface area contributed by atoms with Crippen molar-refractivity contribution in [1.29, 1.82) is 0 Å². The molecule has 3 aromatic rings. The molecule has 0 aliphatic carbocycles. The summed E-state index contributed by atoms with van der Waals surface area (Å²) >= 11 is 1.51. The van der Waals surface area contributed by atoms with Crippen molar-refractivity contribution in [2.45, 2.75) is 26.2 Å². The van der Waals surface area contributed by atoms with Crippen molar-refractivity contribution >= 4 is 16.3 Å². The molecular weight excluding hydrogens is 260 g/mol. The number of nitrogens with zero attached hydrogens (tertiary/aromatic N) is 4. The molecule has 5 nitrogen and oxygen atoms in total. The molecule has 0 bridgehead atoms. The molecule has 1 N–H and O–H groups in total. The number of aromatic hydroxyl groups is 1. The fourth-order valence-electron chi connectivity index (χ4n) is 1.93. The fraction of sp³-hybridized carbons (Fsp3) is 0.308. The van der Waals surface area contributed by atoms with Gasteiger partial charge in [0.1, 0.15) is 10.8 Å². The van der Waals surface area contributed by atoms with Crippen LogP contribution in [0.1, 0.15) is 36.2 Å². The maximum Gasteiger partial charge on any atom is 0.234 e. The lowest BCUT2D eigenvalue weighted by Gasteiger charge is -2.01. The Labute approximate surface area is 114 Å². The molecule has 0 fully saturated rings. The van der Waals surface area contributed by atoms with Crippen LogP contribution in [0.5, 0.6) is 5.75 Å². The van der Waals surface area contributed by atoms with Gasteiger partial charge in [-0.3, -0.25) is 0 Å². The minimum atomic E-state index is 0.287. The van der Waals surface area contributed by atoms with E-state index in [0.717, 1.165) is 21.4 Å². The van der Waals surface area contributed by atoms with Crippen molar-refractivity contribution in [3.63, 3.8) is 0 Å². The highest BCUT2D eigenvalue weighted by molar-refractivity contribution is 7.16. The van der Waals surface area contributed by atoms with Gasteiger partial charge >= 0.3 is 0 Å². The van der Waals surface area contributed by atoms with Crippen molar-refractivity contribution in [3.05, 3.63) is 40.7 Å². The number of benzene rings is 1. The standard InChI is InChI=1S/C13H14N4OS/c1-8(2)12-14-15-13-17(12)16-11(19-13)7-9-5-3-4-6-10(9)18/h3-6,8,18H,7H2,1-2H3. The highest BCUT2D eigenvalue weighted by Crippen LogP contribution is 2.24. The topological polar surface area (TPSA) is 63.3 Å². The van der Waals surface area contributed by atoms with E-state index >= 15 is 0 Å². The molecular formula is C13H14N4OS. The molecule has 0 saturated heterocycles. The Kier molecular flexibility index (Phi) is 2.94. The van der Waals surface area contributed by atoms with E-state index in [-0.39, 0.29) is 5.92 Å². The minimum absolute atomic E-state index is 0.287. The van der Waals surface area contributed by atoms with Crippen LogP contribution in [0.15, 0.2) is 24.3 Å². The third-order valence-corrected chi connectivity index (χ3v) is 3.81. The Morgan fingerprint density at radius 1 is 1.26 bits per heavy atom. The van der Waals surface area contributed by atoms with Crippen LogP contribution in [0.3, 0.4) is 0 Å². The number of rotatable bonds is 3. The lowest BCUT2D eigenvalue weighted by molar-refractivity contribution is 0.469. The van der Waals surface area contributed by atoms with Crippen LogP contribution in [0.25, 0.3) is 4.96 Å². The number of hydrogen-bond donors (Lipinski definition) is 1. The van der Waals surface area contributed by atoms with Crippen LogP contribution in [-0.2, 0) is 6.42 Å². The molecule has 0 saturated carbocycles. The predicted octanol–water partition coefficient (Wildman–Crippen LogP) is 2.61. The third-order valence-electron chi connectivity index (χ3n) is 2.91. The summed E-state index contributed by atoms with van der Waals surface area (Å²) in [6, 6.07) is 7.32. The second-order valence-corrected chi connectivity index (χ2v) is 5.75. The molecule has 0 spiro atoms. The fourth-order valence-corrected chi connectivity index (χ4v) is 2.79. The molecule has 0 amide bonds. The molecule has 0 aliphatic rings. The van der Waals surface area contributed by atoms with Gasteiger partial charge in [-0.05, 0) is 6.07 Å². The summed E-state index contributed by atoms with van der Waals surface area (Å²) in [6.07, 6.45) is 0.609. The zero-order valence-electron chi connectivity index (χ0n) is 10.7. The normalized spacial score (nSPS) is 11.5. The third kappa shape index (κ3) is 2.19. The van der Waals surface area contributed by atoms with E-state index < -0.39 is 0 Å². The quantitative estimate of drug-likeness (QED) is 0.797. The molecule has 0 atom stereocenters. The average Bonchev–Trinajstić information content (AvgIpc) is 2.91. The van der Waals surface area contributed by atoms with Gasteiger partial charge in [0.2, 0.25) is 4.96 Å². The Hall–Kier alpha value is -1.95. The molecule has 2 heterocycles. The largest absolute Gasteiger partial charge is 0.508 e. The smallest absolute Gasteiger partial charge is 0.234 e. The van der Waals surface area contributed by atoms with Crippen molar-refractivity contribution in [1.82, 2.24) is 19.8 Å². The molecule has 0 radical (unpaired) electrons. The maximum absolute atomic E-state index is 9.78. The van der Waals surface area contributed by atoms with Gasteiger partial charge < -0.3 is 5.11 Å². The van der Waals surface area contributed by atoms with E-state index in [1.807, 2.05) is 18.2 Å². The van der Waals surface area contributed by atoms with Gasteiger partial charge in [0, 0.05) is 17.9 Å². The van der Waals surface area contributed by atoms with Crippen LogP contribution in [0.2, 0.25) is 0 Å². The number of aromatic nitrogens is 4. The Morgan fingerprint density at radius 2 is 2.05 bits per heavy atom. The van der Waals surface area contributed by atoms with Gasteiger partial charge in [0.25, 0.3) is 0 Å². The first-order valence-electron chi connectivity index (χ1n) is 6.13. The first-order valence-corrected chi connectivity index (χ1v) is 6.94. The van der Waals surface area contributed by atoms with Gasteiger partial charge in [-0.1, -0.05) is 43.4 Å². The minimum Gasteiger partial charge on any atom is -0.508 e. The Balaban J connectivity index is 1.96. The van der Waals surface area contributed by atoms with E-state index in [4.69, 9.17) is 0 Å².